The van der Waals surface area contributed by atoms with Gasteiger partial charge in [0.05, 0.1) is 11.8 Å². The second-order valence-corrected chi connectivity index (χ2v) is 8.69. The van der Waals surface area contributed by atoms with Gasteiger partial charge in [-0.15, -0.1) is 0 Å². The third-order valence-corrected chi connectivity index (χ3v) is 7.05. The Morgan fingerprint density at radius 1 is 1.00 bits per heavy atom. The molecule has 2 N–H and O–H groups in total. The summed E-state index contributed by atoms with van der Waals surface area (Å²) in [6.45, 7) is 3.98. The van der Waals surface area contributed by atoms with Gasteiger partial charge in [0.25, 0.3) is 5.91 Å². The largest absolute Gasteiger partial charge is 0.462 e. The van der Waals surface area contributed by atoms with Gasteiger partial charge in [-0.2, -0.15) is 0 Å². The molecule has 2 amide bonds. The van der Waals surface area contributed by atoms with E-state index in [2.05, 4.69) is 10.6 Å². The molecule has 1 aliphatic heterocycles. The summed E-state index contributed by atoms with van der Waals surface area (Å²) in [6.07, 6.45) is 1.71. The van der Waals surface area contributed by atoms with E-state index in [0.717, 1.165) is 29.7 Å². The minimum Gasteiger partial charge on any atom is -0.462 e. The molecule has 5 rings (SSSR count). The van der Waals surface area contributed by atoms with Crippen LogP contribution >= 0.6 is 0 Å². The number of amides is 2. The second-order valence-electron chi connectivity index (χ2n) is 8.69. The first-order chi connectivity index (χ1) is 14.4. The number of esters is 1. The number of aryl methyl sites for hydroxylation is 1. The van der Waals surface area contributed by atoms with Crippen molar-refractivity contribution >= 4 is 29.2 Å². The number of hydrogen-bond donors (Lipinski definition) is 2. The molecule has 154 valence electrons. The molecule has 1 saturated heterocycles. The smallest absolute Gasteiger partial charge is 0.310 e. The van der Waals surface area contributed by atoms with Gasteiger partial charge in [0, 0.05) is 22.9 Å². The molecule has 30 heavy (non-hydrogen) atoms. The van der Waals surface area contributed by atoms with Crippen molar-refractivity contribution in [2.24, 2.45) is 23.7 Å². The van der Waals surface area contributed by atoms with Crippen molar-refractivity contribution in [2.75, 3.05) is 10.6 Å². The van der Waals surface area contributed by atoms with Crippen LogP contribution in [0, 0.1) is 37.5 Å². The van der Waals surface area contributed by atoms with Crippen LogP contribution in [0.25, 0.3) is 0 Å². The maximum atomic E-state index is 12.9. The van der Waals surface area contributed by atoms with Crippen LogP contribution in [0.15, 0.2) is 42.5 Å². The highest BCUT2D eigenvalue weighted by Gasteiger charge is 2.63. The molecule has 1 heterocycles. The van der Waals surface area contributed by atoms with Gasteiger partial charge in [0.1, 0.15) is 6.10 Å². The zero-order valence-electron chi connectivity index (χ0n) is 17.0. The highest BCUT2D eigenvalue weighted by Crippen LogP contribution is 2.57. The van der Waals surface area contributed by atoms with E-state index in [1.54, 1.807) is 24.3 Å². The number of carbonyl (C=O) groups is 3. The monoisotopic (exact) mass is 404 g/mol. The minimum absolute atomic E-state index is 0.0198. The molecular formula is C24H24N2O4. The third kappa shape index (κ3) is 2.98. The van der Waals surface area contributed by atoms with Crippen molar-refractivity contribution < 1.29 is 19.1 Å². The van der Waals surface area contributed by atoms with Crippen molar-refractivity contribution in [1.82, 2.24) is 0 Å². The Kier molecular flexibility index (Phi) is 4.38. The summed E-state index contributed by atoms with van der Waals surface area (Å²) >= 11 is 0. The summed E-state index contributed by atoms with van der Waals surface area (Å²) in [5, 5.41) is 5.86. The lowest BCUT2D eigenvalue weighted by Crippen LogP contribution is -2.35. The van der Waals surface area contributed by atoms with E-state index in [9.17, 15) is 14.4 Å². The van der Waals surface area contributed by atoms with E-state index in [0.29, 0.717) is 11.3 Å². The summed E-state index contributed by atoms with van der Waals surface area (Å²) in [5.74, 6) is -0.728. The topological polar surface area (TPSA) is 84.5 Å². The highest BCUT2D eigenvalue weighted by molar-refractivity contribution is 6.05. The molecule has 3 fully saturated rings. The fourth-order valence-electron chi connectivity index (χ4n) is 5.37. The lowest BCUT2D eigenvalue weighted by atomic mass is 9.79. The summed E-state index contributed by atoms with van der Waals surface area (Å²) in [6, 6.07) is 12.6. The lowest BCUT2D eigenvalue weighted by Gasteiger charge is -2.23. The maximum Gasteiger partial charge on any atom is 0.310 e. The summed E-state index contributed by atoms with van der Waals surface area (Å²) in [4.78, 5) is 37.6. The van der Waals surface area contributed by atoms with Gasteiger partial charge in [-0.3, -0.25) is 14.4 Å². The van der Waals surface area contributed by atoms with E-state index in [1.807, 2.05) is 32.0 Å². The maximum absolute atomic E-state index is 12.9. The number of nitrogens with one attached hydrogen (secondary N) is 2. The third-order valence-electron chi connectivity index (χ3n) is 7.05. The number of rotatable bonds is 4. The molecule has 0 unspecified atom stereocenters. The molecule has 0 spiro atoms. The predicted octanol–water partition coefficient (Wildman–Crippen LogP) is 3.69. The van der Waals surface area contributed by atoms with E-state index in [1.165, 1.54) is 0 Å². The second kappa shape index (κ2) is 6.97. The van der Waals surface area contributed by atoms with Crippen LogP contribution in [-0.2, 0) is 14.3 Å². The summed E-state index contributed by atoms with van der Waals surface area (Å²) < 4.78 is 5.41. The first-order valence-corrected chi connectivity index (χ1v) is 10.4. The van der Waals surface area contributed by atoms with Crippen LogP contribution in [-0.4, -0.2) is 23.9 Å². The standard InChI is InChI=1S/C24H24N2O4/c1-12-4-3-5-18(13(12)2)26-22(27)14-6-8-16(9-7-14)25-23(28)20-15-10-17-19(11-15)30-24(29)21(17)20/h3-9,15,17,19-21H,10-11H2,1-2H3,(H,25,28)(H,26,27)/t15-,17+,19+,20-,21-/m1/s1. The molecule has 2 saturated carbocycles. The van der Waals surface area contributed by atoms with E-state index < -0.39 is 0 Å². The molecule has 0 aromatic heterocycles. The Hall–Kier alpha value is -3.15. The Morgan fingerprint density at radius 2 is 1.77 bits per heavy atom. The number of anilines is 2. The van der Waals surface area contributed by atoms with Crippen LogP contribution in [0.4, 0.5) is 11.4 Å². The van der Waals surface area contributed by atoms with Gasteiger partial charge in [-0.1, -0.05) is 12.1 Å². The fourth-order valence-corrected chi connectivity index (χ4v) is 5.37. The Balaban J connectivity index is 1.25. The molecule has 3 aliphatic rings. The van der Waals surface area contributed by atoms with E-state index >= 15 is 0 Å². The van der Waals surface area contributed by atoms with E-state index in [4.69, 9.17) is 4.74 Å². The minimum atomic E-state index is -0.312. The average molecular weight is 404 g/mol. The van der Waals surface area contributed by atoms with Crippen molar-refractivity contribution in [3.63, 3.8) is 0 Å². The Morgan fingerprint density at radius 3 is 2.53 bits per heavy atom. The van der Waals surface area contributed by atoms with Crippen LogP contribution < -0.4 is 10.6 Å². The van der Waals surface area contributed by atoms with Crippen molar-refractivity contribution in [3.8, 4) is 0 Å². The van der Waals surface area contributed by atoms with E-state index in [-0.39, 0.29) is 47.6 Å². The van der Waals surface area contributed by atoms with Crippen LogP contribution in [0.1, 0.15) is 34.3 Å². The zero-order chi connectivity index (χ0) is 21.0. The zero-order valence-corrected chi connectivity index (χ0v) is 17.0. The molecule has 2 bridgehead atoms. The van der Waals surface area contributed by atoms with Crippen LogP contribution in [0.5, 0.6) is 0 Å². The van der Waals surface area contributed by atoms with Gasteiger partial charge in [0.15, 0.2) is 0 Å². The van der Waals surface area contributed by atoms with Gasteiger partial charge in [0.2, 0.25) is 5.91 Å². The van der Waals surface area contributed by atoms with Crippen LogP contribution in [0.3, 0.4) is 0 Å². The van der Waals surface area contributed by atoms with Gasteiger partial charge >= 0.3 is 5.97 Å². The fraction of sp³-hybridized carbons (Fsp3) is 0.375. The summed E-state index contributed by atoms with van der Waals surface area (Å²) in [7, 11) is 0. The molecular weight excluding hydrogens is 380 g/mol. The Labute approximate surface area is 175 Å². The SMILES string of the molecule is Cc1cccc(NC(=O)c2ccc(NC(=O)[C@@H]3[C@@H]4C[C@@H]5[C@H]3C(=O)O[C@H]5C4)cc2)c1C. The number of hydrogen-bond acceptors (Lipinski definition) is 4. The first-order valence-electron chi connectivity index (χ1n) is 10.4. The van der Waals surface area contributed by atoms with Crippen LogP contribution in [0.2, 0.25) is 0 Å². The number of fused-ring (bicyclic) bond motifs is 1. The molecule has 2 aliphatic carbocycles. The molecule has 0 radical (unpaired) electrons. The van der Waals surface area contributed by atoms with Crippen molar-refractivity contribution in [2.45, 2.75) is 32.8 Å². The highest BCUT2D eigenvalue weighted by atomic mass is 16.6. The summed E-state index contributed by atoms with van der Waals surface area (Å²) in [5.41, 5.74) is 4.07. The average Bonchev–Trinajstić information content (AvgIpc) is 3.34. The number of benzene rings is 2. The Bertz CT molecular complexity index is 1040. The number of carbonyl (C=O) groups excluding carboxylic acids is 3. The molecule has 5 atom stereocenters. The van der Waals surface area contributed by atoms with Gasteiger partial charge < -0.3 is 15.4 Å². The molecule has 6 nitrogen and oxygen atoms in total. The van der Waals surface area contributed by atoms with Gasteiger partial charge in [-0.25, -0.2) is 0 Å². The van der Waals surface area contributed by atoms with Gasteiger partial charge in [-0.05, 0) is 74.1 Å². The number of ether oxygens (including phenoxy) is 1. The normalized spacial score (nSPS) is 28.3. The lowest BCUT2D eigenvalue weighted by molar-refractivity contribution is -0.145. The quantitative estimate of drug-likeness (QED) is 0.761. The van der Waals surface area contributed by atoms with Crippen molar-refractivity contribution in [1.29, 1.82) is 0 Å². The van der Waals surface area contributed by atoms with Crippen molar-refractivity contribution in [3.05, 3.63) is 59.2 Å². The molecule has 2 aromatic rings. The molecule has 6 heteroatoms. The first kappa shape index (κ1) is 18.9. The predicted molar refractivity (Wildman–Crippen MR) is 112 cm³/mol. The molecule has 2 aromatic carbocycles.